The largest absolute Gasteiger partial charge is 0.423 e. The number of fused-ring (bicyclic) bond motifs is 1. The van der Waals surface area contributed by atoms with Crippen molar-refractivity contribution >= 4 is 17.1 Å². The van der Waals surface area contributed by atoms with Gasteiger partial charge in [0.25, 0.3) is 6.01 Å². The average molecular weight is 266 g/mol. The monoisotopic (exact) mass is 266 g/mol. The van der Waals surface area contributed by atoms with Crippen LogP contribution in [-0.2, 0) is 0 Å². The Bertz CT molecular complexity index is 574. The van der Waals surface area contributed by atoms with Crippen LogP contribution in [0.5, 0.6) is 0 Å². The molecule has 0 amide bonds. The third-order valence-electron chi connectivity index (χ3n) is 3.67. The van der Waals surface area contributed by atoms with Gasteiger partial charge in [-0.15, -0.1) is 0 Å². The third kappa shape index (κ3) is 2.06. The summed E-state index contributed by atoms with van der Waals surface area (Å²) in [6.45, 7) is 1.12. The fourth-order valence-electron chi connectivity index (χ4n) is 2.55. The van der Waals surface area contributed by atoms with Gasteiger partial charge in [-0.25, -0.2) is 4.39 Å². The Morgan fingerprint density at radius 1 is 1.26 bits per heavy atom. The van der Waals surface area contributed by atoms with Crippen molar-refractivity contribution in [3.8, 4) is 0 Å². The lowest BCUT2D eigenvalue weighted by Crippen LogP contribution is -2.20. The molecule has 0 aliphatic carbocycles. The first-order valence-electron chi connectivity index (χ1n) is 6.24. The molecule has 0 bridgehead atoms. The zero-order valence-corrected chi connectivity index (χ0v) is 10.3. The van der Waals surface area contributed by atoms with Crippen LogP contribution in [0.25, 0.3) is 11.1 Å². The van der Waals surface area contributed by atoms with Crippen LogP contribution >= 0.6 is 0 Å². The second-order valence-electron chi connectivity index (χ2n) is 4.87. The van der Waals surface area contributed by atoms with E-state index in [9.17, 15) is 14.6 Å². The molecule has 6 heteroatoms. The molecule has 1 aliphatic rings. The molecule has 19 heavy (non-hydrogen) atoms. The molecule has 1 aliphatic heterocycles. The summed E-state index contributed by atoms with van der Waals surface area (Å²) in [6, 6.07) is 4.92. The first-order valence-corrected chi connectivity index (χ1v) is 6.24. The summed E-state index contributed by atoms with van der Waals surface area (Å²) < 4.78 is 19.1. The van der Waals surface area contributed by atoms with E-state index in [4.69, 9.17) is 4.42 Å². The zero-order valence-electron chi connectivity index (χ0n) is 10.3. The summed E-state index contributed by atoms with van der Waals surface area (Å²) in [5.41, 5.74) is 0.619. The molecule has 0 radical (unpaired) electrons. The molecule has 5 nitrogen and oxygen atoms in total. The van der Waals surface area contributed by atoms with Crippen molar-refractivity contribution in [1.82, 2.24) is 4.98 Å². The second-order valence-corrected chi connectivity index (χ2v) is 4.87. The molecule has 1 aromatic heterocycles. The van der Waals surface area contributed by atoms with E-state index < -0.39 is 5.82 Å². The number of aliphatic hydroxyl groups is 2. The maximum absolute atomic E-state index is 13.6. The molecule has 0 unspecified atom stereocenters. The highest BCUT2D eigenvalue weighted by Gasteiger charge is 2.34. The molecule has 2 aromatic rings. The molecule has 2 atom stereocenters. The van der Waals surface area contributed by atoms with E-state index in [0.29, 0.717) is 24.7 Å². The standard InChI is InChI=1S/C13H15FN2O3/c14-10-2-1-3-11-12(10)15-13(19-11)16-4-8(6-17)9(5-16)7-18/h1-3,8-9,17-18H,4-7H2/t8-,9-/m0/s1. The fourth-order valence-corrected chi connectivity index (χ4v) is 2.55. The maximum Gasteiger partial charge on any atom is 0.298 e. The number of hydrogen-bond acceptors (Lipinski definition) is 5. The van der Waals surface area contributed by atoms with Gasteiger partial charge < -0.3 is 19.5 Å². The topological polar surface area (TPSA) is 69.7 Å². The Morgan fingerprint density at radius 3 is 2.53 bits per heavy atom. The van der Waals surface area contributed by atoms with E-state index >= 15 is 0 Å². The van der Waals surface area contributed by atoms with Crippen LogP contribution in [0.2, 0.25) is 0 Å². The number of benzene rings is 1. The van der Waals surface area contributed by atoms with Crippen molar-refractivity contribution in [1.29, 1.82) is 0 Å². The Labute approximate surface area is 109 Å². The van der Waals surface area contributed by atoms with Gasteiger partial charge in [0.05, 0.1) is 0 Å². The fraction of sp³-hybridized carbons (Fsp3) is 0.462. The number of rotatable bonds is 3. The minimum atomic E-state index is -0.413. The first kappa shape index (κ1) is 12.4. The number of anilines is 1. The number of aromatic nitrogens is 1. The van der Waals surface area contributed by atoms with Crippen molar-refractivity contribution in [2.75, 3.05) is 31.2 Å². The van der Waals surface area contributed by atoms with Gasteiger partial charge in [0.1, 0.15) is 5.52 Å². The summed E-state index contributed by atoms with van der Waals surface area (Å²) in [4.78, 5) is 5.99. The van der Waals surface area contributed by atoms with Crippen molar-refractivity contribution in [2.24, 2.45) is 11.8 Å². The van der Waals surface area contributed by atoms with Crippen molar-refractivity contribution in [3.05, 3.63) is 24.0 Å². The Balaban J connectivity index is 1.91. The van der Waals surface area contributed by atoms with Gasteiger partial charge in [0.15, 0.2) is 11.4 Å². The van der Waals surface area contributed by atoms with Crippen LogP contribution in [0, 0.1) is 17.7 Å². The van der Waals surface area contributed by atoms with E-state index in [2.05, 4.69) is 4.98 Å². The maximum atomic E-state index is 13.6. The van der Waals surface area contributed by atoms with Gasteiger partial charge >= 0.3 is 0 Å². The van der Waals surface area contributed by atoms with Gasteiger partial charge in [-0.1, -0.05) is 6.07 Å². The van der Waals surface area contributed by atoms with Gasteiger partial charge in [0, 0.05) is 38.1 Å². The summed E-state index contributed by atoms with van der Waals surface area (Å²) in [6.07, 6.45) is 0. The summed E-state index contributed by atoms with van der Waals surface area (Å²) in [7, 11) is 0. The van der Waals surface area contributed by atoms with Crippen LogP contribution < -0.4 is 4.90 Å². The predicted molar refractivity (Wildman–Crippen MR) is 67.3 cm³/mol. The molecular formula is C13H15FN2O3. The SMILES string of the molecule is OC[C@@H]1CN(c2nc3c(F)cccc3o2)C[C@H]1CO. The molecule has 0 spiro atoms. The van der Waals surface area contributed by atoms with E-state index in [1.165, 1.54) is 6.07 Å². The number of para-hydroxylation sites is 1. The van der Waals surface area contributed by atoms with Crippen molar-refractivity contribution in [3.63, 3.8) is 0 Å². The number of hydrogen-bond donors (Lipinski definition) is 2. The molecule has 2 N–H and O–H groups in total. The van der Waals surface area contributed by atoms with Gasteiger partial charge in [-0.3, -0.25) is 0 Å². The Kier molecular flexibility index (Phi) is 3.12. The predicted octanol–water partition coefficient (Wildman–Crippen LogP) is 1.00. The van der Waals surface area contributed by atoms with Crippen LogP contribution in [-0.4, -0.2) is 41.5 Å². The lowest BCUT2D eigenvalue weighted by molar-refractivity contribution is 0.152. The summed E-state index contributed by atoms with van der Waals surface area (Å²) in [5, 5.41) is 18.5. The Morgan fingerprint density at radius 2 is 1.95 bits per heavy atom. The zero-order chi connectivity index (χ0) is 13.4. The first-order chi connectivity index (χ1) is 9.22. The molecule has 2 heterocycles. The summed E-state index contributed by atoms with van der Waals surface area (Å²) >= 11 is 0. The van der Waals surface area contributed by atoms with Gasteiger partial charge in [0.2, 0.25) is 0 Å². The van der Waals surface area contributed by atoms with E-state index in [-0.39, 0.29) is 30.6 Å². The summed E-state index contributed by atoms with van der Waals surface area (Å²) in [5.74, 6) is -0.432. The Hall–Kier alpha value is -1.66. The third-order valence-corrected chi connectivity index (χ3v) is 3.67. The molecule has 0 saturated carbocycles. The quantitative estimate of drug-likeness (QED) is 0.867. The van der Waals surface area contributed by atoms with Crippen molar-refractivity contribution in [2.45, 2.75) is 0 Å². The second kappa shape index (κ2) is 4.79. The normalized spacial score (nSPS) is 23.4. The van der Waals surface area contributed by atoms with Crippen LogP contribution in [0.3, 0.4) is 0 Å². The van der Waals surface area contributed by atoms with E-state index in [1.807, 2.05) is 4.90 Å². The molecular weight excluding hydrogens is 251 g/mol. The average Bonchev–Trinajstić information content (AvgIpc) is 3.02. The highest BCUT2D eigenvalue weighted by atomic mass is 19.1. The number of oxazole rings is 1. The minimum Gasteiger partial charge on any atom is -0.423 e. The molecule has 3 rings (SSSR count). The van der Waals surface area contributed by atoms with E-state index in [1.54, 1.807) is 12.1 Å². The van der Waals surface area contributed by atoms with E-state index in [0.717, 1.165) is 0 Å². The molecule has 1 saturated heterocycles. The van der Waals surface area contributed by atoms with Gasteiger partial charge in [-0.2, -0.15) is 4.98 Å². The minimum absolute atomic E-state index is 0.00939. The van der Waals surface area contributed by atoms with Crippen LogP contribution in [0.15, 0.2) is 22.6 Å². The molecule has 1 fully saturated rings. The van der Waals surface area contributed by atoms with Crippen LogP contribution in [0.4, 0.5) is 10.4 Å². The number of nitrogens with zero attached hydrogens (tertiary/aromatic N) is 2. The number of halogens is 1. The molecule has 1 aromatic carbocycles. The lowest BCUT2D eigenvalue weighted by atomic mass is 9.98. The lowest BCUT2D eigenvalue weighted by Gasteiger charge is -2.12. The van der Waals surface area contributed by atoms with Gasteiger partial charge in [-0.05, 0) is 12.1 Å². The highest BCUT2D eigenvalue weighted by molar-refractivity contribution is 5.75. The number of aliphatic hydroxyl groups excluding tert-OH is 2. The molecule has 102 valence electrons. The van der Waals surface area contributed by atoms with Crippen LogP contribution in [0.1, 0.15) is 0 Å². The van der Waals surface area contributed by atoms with Crippen molar-refractivity contribution < 1.29 is 19.0 Å². The highest BCUT2D eigenvalue weighted by Crippen LogP contribution is 2.30. The smallest absolute Gasteiger partial charge is 0.298 e.